The van der Waals surface area contributed by atoms with Crippen LogP contribution in [0.2, 0.25) is 0 Å². The van der Waals surface area contributed by atoms with Crippen molar-refractivity contribution in [1.29, 1.82) is 0 Å². The topological polar surface area (TPSA) is 72.5 Å². The van der Waals surface area contributed by atoms with Gasteiger partial charge in [-0.1, -0.05) is 0 Å². The summed E-state index contributed by atoms with van der Waals surface area (Å²) in [4.78, 5) is 10.4. The Balaban J connectivity index is 3.41. The molecule has 0 atom stereocenters. The average Bonchev–Trinajstić information content (AvgIpc) is 2.25. The fourth-order valence-corrected chi connectivity index (χ4v) is 2.50. The lowest BCUT2D eigenvalue weighted by Crippen LogP contribution is -2.30. The van der Waals surface area contributed by atoms with Gasteiger partial charge in [0.25, 0.3) is 9.05 Å². The molecule has 5 nitrogen and oxygen atoms in total. The minimum atomic E-state index is -5.12. The maximum atomic E-state index is 12.2. The van der Waals surface area contributed by atoms with Crippen molar-refractivity contribution < 1.29 is 31.1 Å². The predicted molar refractivity (Wildman–Crippen MR) is 65.5 cm³/mol. The molecule has 0 heterocycles. The number of anilines is 1. The van der Waals surface area contributed by atoms with Crippen molar-refractivity contribution in [3.63, 3.8) is 0 Å². The monoisotopic (exact) mass is 331 g/mol. The molecule has 20 heavy (non-hydrogen) atoms. The van der Waals surface area contributed by atoms with E-state index in [0.717, 1.165) is 19.2 Å². The van der Waals surface area contributed by atoms with Crippen molar-refractivity contribution in [3.05, 3.63) is 17.7 Å². The van der Waals surface area contributed by atoms with Crippen LogP contribution in [-0.2, 0) is 13.8 Å². The SMILES string of the molecule is COc1c(NC(=O)C(F)(F)F)cc(C)cc1S(=O)(=O)Cl. The number of amides is 1. The molecular formula is C10H9ClF3NO4S. The van der Waals surface area contributed by atoms with Gasteiger partial charge in [-0.25, -0.2) is 8.42 Å². The van der Waals surface area contributed by atoms with Crippen LogP contribution in [-0.4, -0.2) is 27.6 Å². The first kappa shape index (κ1) is 16.6. The lowest BCUT2D eigenvalue weighted by atomic mass is 10.2. The van der Waals surface area contributed by atoms with Crippen LogP contribution >= 0.6 is 10.7 Å². The second-order valence-electron chi connectivity index (χ2n) is 3.73. The van der Waals surface area contributed by atoms with Crippen molar-refractivity contribution in [1.82, 2.24) is 0 Å². The summed E-state index contributed by atoms with van der Waals surface area (Å²) in [6.07, 6.45) is -5.12. The van der Waals surface area contributed by atoms with E-state index >= 15 is 0 Å². The molecule has 1 amide bonds. The van der Waals surface area contributed by atoms with Gasteiger partial charge in [0.2, 0.25) is 0 Å². The fourth-order valence-electron chi connectivity index (χ4n) is 1.42. The highest BCUT2D eigenvalue weighted by molar-refractivity contribution is 8.13. The minimum Gasteiger partial charge on any atom is -0.493 e. The van der Waals surface area contributed by atoms with Crippen LogP contribution in [0.3, 0.4) is 0 Å². The van der Waals surface area contributed by atoms with Crippen molar-refractivity contribution in [2.45, 2.75) is 18.0 Å². The number of aryl methyl sites for hydroxylation is 1. The van der Waals surface area contributed by atoms with E-state index in [-0.39, 0.29) is 5.56 Å². The number of ether oxygens (including phenoxy) is 1. The Morgan fingerprint density at radius 2 is 1.90 bits per heavy atom. The minimum absolute atomic E-state index is 0.280. The maximum Gasteiger partial charge on any atom is 0.471 e. The lowest BCUT2D eigenvalue weighted by Gasteiger charge is -2.15. The van der Waals surface area contributed by atoms with Crippen molar-refractivity contribution in [2.24, 2.45) is 0 Å². The van der Waals surface area contributed by atoms with Gasteiger partial charge < -0.3 is 10.1 Å². The summed E-state index contributed by atoms with van der Waals surface area (Å²) in [6.45, 7) is 1.42. The van der Waals surface area contributed by atoms with E-state index in [1.54, 1.807) is 5.32 Å². The zero-order chi connectivity index (χ0) is 15.7. The molecule has 0 radical (unpaired) electrons. The molecule has 0 aliphatic heterocycles. The average molecular weight is 332 g/mol. The molecule has 0 fully saturated rings. The van der Waals surface area contributed by atoms with Crippen molar-refractivity contribution >= 4 is 31.3 Å². The Labute approximate surface area is 117 Å². The molecule has 0 saturated carbocycles. The number of rotatable bonds is 3. The van der Waals surface area contributed by atoms with Gasteiger partial charge in [0.15, 0.2) is 5.75 Å². The second kappa shape index (κ2) is 5.49. The van der Waals surface area contributed by atoms with Crippen LogP contribution in [0.25, 0.3) is 0 Å². The molecule has 0 aliphatic rings. The largest absolute Gasteiger partial charge is 0.493 e. The summed E-state index contributed by atoms with van der Waals surface area (Å²) in [5.41, 5.74) is -0.156. The second-order valence-corrected chi connectivity index (χ2v) is 6.27. The summed E-state index contributed by atoms with van der Waals surface area (Å²) in [7, 11) is 1.96. The first-order valence-electron chi connectivity index (χ1n) is 4.98. The zero-order valence-corrected chi connectivity index (χ0v) is 11.8. The number of nitrogens with one attached hydrogen (secondary N) is 1. The van der Waals surface area contributed by atoms with Crippen LogP contribution in [0.1, 0.15) is 5.56 Å². The molecule has 0 spiro atoms. The van der Waals surface area contributed by atoms with Gasteiger partial charge in [0, 0.05) is 10.7 Å². The number of methoxy groups -OCH3 is 1. The number of benzene rings is 1. The maximum absolute atomic E-state index is 12.2. The van der Waals surface area contributed by atoms with Crippen LogP contribution in [0.5, 0.6) is 5.75 Å². The summed E-state index contributed by atoms with van der Waals surface area (Å²) < 4.78 is 64.1. The molecule has 1 N–H and O–H groups in total. The standard InChI is InChI=1S/C10H9ClF3NO4S/c1-5-3-6(15-9(16)10(12,13)14)8(19-2)7(4-5)20(11,17)18/h3-4H,1-2H3,(H,15,16). The van der Waals surface area contributed by atoms with E-state index < -0.39 is 37.5 Å². The molecular weight excluding hydrogens is 323 g/mol. The molecule has 0 aliphatic carbocycles. The molecule has 0 unspecified atom stereocenters. The third kappa shape index (κ3) is 3.76. The first-order valence-corrected chi connectivity index (χ1v) is 7.29. The molecule has 1 rings (SSSR count). The highest BCUT2D eigenvalue weighted by Gasteiger charge is 2.39. The van der Waals surface area contributed by atoms with Gasteiger partial charge in [-0.2, -0.15) is 13.2 Å². The third-order valence-corrected chi connectivity index (χ3v) is 3.50. The van der Waals surface area contributed by atoms with E-state index in [1.807, 2.05) is 0 Å². The van der Waals surface area contributed by atoms with Crippen LogP contribution in [0, 0.1) is 6.92 Å². The predicted octanol–water partition coefficient (Wildman–Crippen LogP) is 2.43. The van der Waals surface area contributed by atoms with Gasteiger partial charge in [0.1, 0.15) is 4.90 Å². The Morgan fingerprint density at radius 3 is 2.30 bits per heavy atom. The number of halogens is 4. The van der Waals surface area contributed by atoms with Crippen molar-refractivity contribution in [2.75, 3.05) is 12.4 Å². The summed E-state index contributed by atoms with van der Waals surface area (Å²) >= 11 is 0. The van der Waals surface area contributed by atoms with E-state index in [0.29, 0.717) is 0 Å². The van der Waals surface area contributed by atoms with Gasteiger partial charge in [-0.15, -0.1) is 0 Å². The number of hydrogen-bond donors (Lipinski definition) is 1. The first-order chi connectivity index (χ1) is 8.96. The normalized spacial score (nSPS) is 12.1. The van der Waals surface area contributed by atoms with Gasteiger partial charge >= 0.3 is 12.1 Å². The highest BCUT2D eigenvalue weighted by atomic mass is 35.7. The molecule has 112 valence electrons. The van der Waals surface area contributed by atoms with E-state index in [1.165, 1.54) is 6.92 Å². The summed E-state index contributed by atoms with van der Waals surface area (Å²) in [5, 5.41) is 1.54. The summed E-state index contributed by atoms with van der Waals surface area (Å²) in [6, 6.07) is 2.25. The Hall–Kier alpha value is -1.48. The Morgan fingerprint density at radius 1 is 1.35 bits per heavy atom. The molecule has 0 bridgehead atoms. The number of alkyl halides is 3. The highest BCUT2D eigenvalue weighted by Crippen LogP contribution is 2.36. The van der Waals surface area contributed by atoms with Gasteiger partial charge in [0.05, 0.1) is 12.8 Å². The van der Waals surface area contributed by atoms with E-state index in [2.05, 4.69) is 0 Å². The molecule has 0 saturated heterocycles. The molecule has 1 aromatic carbocycles. The van der Waals surface area contributed by atoms with Gasteiger partial charge in [-0.3, -0.25) is 4.79 Å². The molecule has 0 aromatic heterocycles. The van der Waals surface area contributed by atoms with E-state index in [4.69, 9.17) is 15.4 Å². The van der Waals surface area contributed by atoms with E-state index in [9.17, 15) is 26.4 Å². The number of hydrogen-bond acceptors (Lipinski definition) is 4. The number of carbonyl (C=O) groups is 1. The fraction of sp³-hybridized carbons (Fsp3) is 0.300. The smallest absolute Gasteiger partial charge is 0.471 e. The lowest BCUT2D eigenvalue weighted by molar-refractivity contribution is -0.167. The van der Waals surface area contributed by atoms with Gasteiger partial charge in [-0.05, 0) is 24.6 Å². The molecule has 1 aromatic rings. The Bertz CT molecular complexity index is 643. The molecule has 10 heteroatoms. The van der Waals surface area contributed by atoms with Crippen LogP contribution in [0.15, 0.2) is 17.0 Å². The quantitative estimate of drug-likeness (QED) is 0.863. The van der Waals surface area contributed by atoms with Crippen molar-refractivity contribution in [3.8, 4) is 5.75 Å². The van der Waals surface area contributed by atoms with Crippen LogP contribution < -0.4 is 10.1 Å². The Kier molecular flexibility index (Phi) is 4.55. The number of carbonyl (C=O) groups excluding carboxylic acids is 1. The van der Waals surface area contributed by atoms with Crippen LogP contribution in [0.4, 0.5) is 18.9 Å². The zero-order valence-electron chi connectivity index (χ0n) is 10.2. The third-order valence-electron chi connectivity index (χ3n) is 2.17. The summed E-state index contributed by atoms with van der Waals surface area (Å²) in [5.74, 6) is -2.72.